The van der Waals surface area contributed by atoms with Crippen LogP contribution >= 0.6 is 0 Å². The maximum absolute atomic E-state index is 11.9. The predicted octanol–water partition coefficient (Wildman–Crippen LogP) is 1.49. The van der Waals surface area contributed by atoms with Gasteiger partial charge in [-0.25, -0.2) is 9.97 Å². The summed E-state index contributed by atoms with van der Waals surface area (Å²) in [4.78, 5) is 20.0. The number of amides is 1. The fourth-order valence-corrected chi connectivity index (χ4v) is 1.97. The van der Waals surface area contributed by atoms with Crippen LogP contribution in [-0.2, 0) is 6.54 Å². The summed E-state index contributed by atoms with van der Waals surface area (Å²) in [7, 11) is 0. The van der Waals surface area contributed by atoms with Gasteiger partial charge < -0.3 is 20.0 Å². The van der Waals surface area contributed by atoms with Crippen molar-refractivity contribution >= 4 is 5.91 Å². The summed E-state index contributed by atoms with van der Waals surface area (Å²) in [6, 6.07) is -0.252. The van der Waals surface area contributed by atoms with Crippen LogP contribution in [0.25, 0.3) is 0 Å². The first-order valence-electron chi connectivity index (χ1n) is 7.15. The number of imidazole rings is 1. The van der Waals surface area contributed by atoms with Gasteiger partial charge in [-0.2, -0.15) is 0 Å². The maximum Gasteiger partial charge on any atom is 0.273 e. The molecule has 0 aliphatic carbocycles. The number of carbonyl (C=O) groups is 1. The number of aromatic nitrogens is 3. The zero-order chi connectivity index (χ0) is 15.1. The largest absolute Gasteiger partial charge is 0.446 e. The molecule has 2 aromatic rings. The van der Waals surface area contributed by atoms with Gasteiger partial charge in [0.2, 0.25) is 5.89 Å². The van der Waals surface area contributed by atoms with Crippen LogP contribution in [0.2, 0.25) is 0 Å². The minimum atomic E-state index is -0.252. The van der Waals surface area contributed by atoms with E-state index < -0.39 is 0 Å². The smallest absolute Gasteiger partial charge is 0.273 e. The number of carbonyl (C=O) groups excluding carboxylic acids is 1. The van der Waals surface area contributed by atoms with E-state index in [0.29, 0.717) is 12.4 Å². The molecule has 2 heterocycles. The first-order valence-corrected chi connectivity index (χ1v) is 7.15. The van der Waals surface area contributed by atoms with Gasteiger partial charge in [0, 0.05) is 25.5 Å². The molecular weight excluding hydrogens is 270 g/mol. The molecule has 2 aromatic heterocycles. The average molecular weight is 291 g/mol. The van der Waals surface area contributed by atoms with Crippen LogP contribution in [0.3, 0.4) is 0 Å². The summed E-state index contributed by atoms with van der Waals surface area (Å²) in [5.74, 6) is 0.180. The van der Waals surface area contributed by atoms with Gasteiger partial charge >= 0.3 is 0 Å². The van der Waals surface area contributed by atoms with Crippen molar-refractivity contribution < 1.29 is 9.21 Å². The van der Waals surface area contributed by atoms with E-state index in [-0.39, 0.29) is 17.6 Å². The summed E-state index contributed by atoms with van der Waals surface area (Å²) in [6.45, 7) is 3.42. The topological polar surface area (TPSA) is 99.0 Å². The molecule has 0 spiro atoms. The molecule has 0 radical (unpaired) electrons. The fourth-order valence-electron chi connectivity index (χ4n) is 1.97. The standard InChI is InChI=1S/C14H21N5O2/c1-2-4-11(15)14-18-12(9-21-14)13(20)17-5-3-7-19-8-6-16-10-19/h6,8-11H,2-5,7,15H2,1H3,(H,17,20). The van der Waals surface area contributed by atoms with E-state index in [1.54, 1.807) is 12.5 Å². The molecule has 2 rings (SSSR count). The normalized spacial score (nSPS) is 12.3. The molecule has 114 valence electrons. The summed E-state index contributed by atoms with van der Waals surface area (Å²) in [5, 5.41) is 2.81. The van der Waals surface area contributed by atoms with Crippen LogP contribution in [0, 0.1) is 0 Å². The Labute approximate surface area is 123 Å². The lowest BCUT2D eigenvalue weighted by Crippen LogP contribution is -2.25. The van der Waals surface area contributed by atoms with Gasteiger partial charge in [-0.05, 0) is 12.8 Å². The molecule has 3 N–H and O–H groups in total. The van der Waals surface area contributed by atoms with E-state index >= 15 is 0 Å². The highest BCUT2D eigenvalue weighted by Gasteiger charge is 2.15. The van der Waals surface area contributed by atoms with Crippen LogP contribution in [-0.4, -0.2) is 27.0 Å². The monoisotopic (exact) mass is 291 g/mol. The van der Waals surface area contributed by atoms with Crippen molar-refractivity contribution in [3.05, 3.63) is 36.6 Å². The van der Waals surface area contributed by atoms with Crippen LogP contribution in [0.1, 0.15) is 48.6 Å². The van der Waals surface area contributed by atoms with Crippen molar-refractivity contribution in [3.8, 4) is 0 Å². The Morgan fingerprint density at radius 2 is 2.43 bits per heavy atom. The van der Waals surface area contributed by atoms with E-state index in [2.05, 4.69) is 15.3 Å². The highest BCUT2D eigenvalue weighted by atomic mass is 16.3. The number of aryl methyl sites for hydroxylation is 1. The molecule has 7 heteroatoms. The number of nitrogens with zero attached hydrogens (tertiary/aromatic N) is 3. The number of oxazole rings is 1. The fraction of sp³-hybridized carbons (Fsp3) is 0.500. The first kappa shape index (κ1) is 15.2. The third kappa shape index (κ3) is 4.42. The van der Waals surface area contributed by atoms with Crippen molar-refractivity contribution in [2.45, 2.75) is 38.8 Å². The lowest BCUT2D eigenvalue weighted by atomic mass is 10.2. The molecule has 1 amide bonds. The number of rotatable bonds is 8. The van der Waals surface area contributed by atoms with E-state index in [1.165, 1.54) is 6.26 Å². The molecule has 0 bridgehead atoms. The van der Waals surface area contributed by atoms with Gasteiger partial charge in [0.1, 0.15) is 6.26 Å². The van der Waals surface area contributed by atoms with Crippen molar-refractivity contribution in [2.75, 3.05) is 6.54 Å². The molecule has 0 aliphatic rings. The summed E-state index contributed by atoms with van der Waals surface area (Å²) < 4.78 is 7.22. The molecule has 1 atom stereocenters. The zero-order valence-electron chi connectivity index (χ0n) is 12.2. The molecule has 0 fully saturated rings. The van der Waals surface area contributed by atoms with Crippen LogP contribution in [0.5, 0.6) is 0 Å². The lowest BCUT2D eigenvalue weighted by Gasteiger charge is -2.04. The van der Waals surface area contributed by atoms with Gasteiger partial charge in [0.15, 0.2) is 5.69 Å². The quantitative estimate of drug-likeness (QED) is 0.718. The molecule has 0 aromatic carbocycles. The Morgan fingerprint density at radius 1 is 1.57 bits per heavy atom. The third-order valence-electron chi connectivity index (χ3n) is 3.11. The van der Waals surface area contributed by atoms with Crippen LogP contribution in [0.15, 0.2) is 29.4 Å². The van der Waals surface area contributed by atoms with Crippen LogP contribution in [0.4, 0.5) is 0 Å². The van der Waals surface area contributed by atoms with Gasteiger partial charge in [0.25, 0.3) is 5.91 Å². The Bertz CT molecular complexity index is 549. The molecule has 0 saturated carbocycles. The molecule has 0 saturated heterocycles. The second-order valence-corrected chi connectivity index (χ2v) is 4.88. The molecule has 21 heavy (non-hydrogen) atoms. The zero-order valence-corrected chi connectivity index (χ0v) is 12.2. The summed E-state index contributed by atoms with van der Waals surface area (Å²) >= 11 is 0. The first-order chi connectivity index (χ1) is 10.2. The number of nitrogens with one attached hydrogen (secondary N) is 1. The summed E-state index contributed by atoms with van der Waals surface area (Å²) in [6.07, 6.45) is 9.28. The molecular formula is C14H21N5O2. The second kappa shape index (κ2) is 7.58. The molecule has 1 unspecified atom stereocenters. The Kier molecular flexibility index (Phi) is 5.51. The SMILES string of the molecule is CCCC(N)c1nc(C(=O)NCCCn2ccnc2)co1. The Morgan fingerprint density at radius 3 is 3.14 bits per heavy atom. The minimum Gasteiger partial charge on any atom is -0.446 e. The summed E-state index contributed by atoms with van der Waals surface area (Å²) in [5.41, 5.74) is 6.18. The van der Waals surface area contributed by atoms with Gasteiger partial charge in [-0.3, -0.25) is 4.79 Å². The number of hydrogen-bond donors (Lipinski definition) is 2. The Balaban J connectivity index is 1.75. The van der Waals surface area contributed by atoms with E-state index in [1.807, 2.05) is 17.7 Å². The van der Waals surface area contributed by atoms with Crippen LogP contribution < -0.4 is 11.1 Å². The van der Waals surface area contributed by atoms with Crippen molar-refractivity contribution in [2.24, 2.45) is 5.73 Å². The maximum atomic E-state index is 11.9. The molecule has 0 aliphatic heterocycles. The highest BCUT2D eigenvalue weighted by Crippen LogP contribution is 2.14. The third-order valence-corrected chi connectivity index (χ3v) is 3.11. The predicted molar refractivity (Wildman–Crippen MR) is 77.5 cm³/mol. The molecule has 7 nitrogen and oxygen atoms in total. The van der Waals surface area contributed by atoms with Crippen molar-refractivity contribution in [1.29, 1.82) is 0 Å². The number of nitrogens with two attached hydrogens (primary N) is 1. The van der Waals surface area contributed by atoms with E-state index in [4.69, 9.17) is 10.2 Å². The van der Waals surface area contributed by atoms with E-state index in [0.717, 1.165) is 25.8 Å². The van der Waals surface area contributed by atoms with Gasteiger partial charge in [-0.15, -0.1) is 0 Å². The number of hydrogen-bond acceptors (Lipinski definition) is 5. The van der Waals surface area contributed by atoms with Crippen molar-refractivity contribution in [1.82, 2.24) is 19.9 Å². The van der Waals surface area contributed by atoms with Gasteiger partial charge in [0.05, 0.1) is 12.4 Å². The average Bonchev–Trinajstić information content (AvgIpc) is 3.14. The lowest BCUT2D eigenvalue weighted by molar-refractivity contribution is 0.0947. The van der Waals surface area contributed by atoms with Gasteiger partial charge in [-0.1, -0.05) is 13.3 Å². The minimum absolute atomic E-state index is 0.237. The second-order valence-electron chi connectivity index (χ2n) is 4.88. The Hall–Kier alpha value is -2.15. The highest BCUT2D eigenvalue weighted by molar-refractivity contribution is 5.91. The van der Waals surface area contributed by atoms with E-state index in [9.17, 15) is 4.79 Å². The van der Waals surface area contributed by atoms with Crippen molar-refractivity contribution in [3.63, 3.8) is 0 Å².